The molecule has 5 rings (SSSR count). The monoisotopic (exact) mass is 368 g/mol. The van der Waals surface area contributed by atoms with E-state index in [1.807, 2.05) is 6.08 Å². The van der Waals surface area contributed by atoms with Gasteiger partial charge in [-0.15, -0.1) is 0 Å². The molecule has 3 aliphatic heterocycles. The van der Waals surface area contributed by atoms with Crippen LogP contribution in [0.3, 0.4) is 0 Å². The Balaban J connectivity index is 1.45. The van der Waals surface area contributed by atoms with Crippen LogP contribution in [0.1, 0.15) is 53.4 Å². The number of fused-ring (bicyclic) bond motifs is 6. The lowest BCUT2D eigenvalue weighted by Gasteiger charge is -2.55. The minimum atomic E-state index is 0.0135. The molecule has 146 valence electrons. The zero-order valence-electron chi connectivity index (χ0n) is 17.0. The molecule has 2 aliphatic carbocycles. The highest BCUT2D eigenvalue weighted by Gasteiger charge is 2.55. The van der Waals surface area contributed by atoms with Crippen LogP contribution < -0.4 is 0 Å². The van der Waals surface area contributed by atoms with Gasteiger partial charge in [-0.25, -0.2) is 0 Å². The molecule has 3 fully saturated rings. The Morgan fingerprint density at radius 2 is 2.04 bits per heavy atom. The van der Waals surface area contributed by atoms with Gasteiger partial charge in [0, 0.05) is 24.4 Å². The third-order valence-corrected chi connectivity index (χ3v) is 8.21. The van der Waals surface area contributed by atoms with Crippen molar-refractivity contribution in [2.75, 3.05) is 6.61 Å². The Labute approximate surface area is 162 Å². The number of ketones is 1. The fraction of sp³-hybridized carbons (Fsp3) is 0.708. The second kappa shape index (κ2) is 5.90. The zero-order chi connectivity index (χ0) is 19.0. The first-order chi connectivity index (χ1) is 12.8. The predicted octanol–water partition coefficient (Wildman–Crippen LogP) is 4.63. The molecule has 3 nitrogen and oxygen atoms in total. The average molecular weight is 369 g/mol. The summed E-state index contributed by atoms with van der Waals surface area (Å²) in [4.78, 5) is 12.9. The summed E-state index contributed by atoms with van der Waals surface area (Å²) in [5.74, 6) is 1.33. The Hall–Kier alpha value is -1.19. The first-order valence-corrected chi connectivity index (χ1v) is 10.7. The normalized spacial score (nSPS) is 47.8. The van der Waals surface area contributed by atoms with Gasteiger partial charge in [0.2, 0.25) is 0 Å². The van der Waals surface area contributed by atoms with Gasteiger partial charge in [-0.1, -0.05) is 44.9 Å². The maximum absolute atomic E-state index is 12.9. The highest BCUT2D eigenvalue weighted by Crippen LogP contribution is 2.59. The third kappa shape index (κ3) is 2.50. The van der Waals surface area contributed by atoms with Gasteiger partial charge in [-0.3, -0.25) is 4.79 Å². The molecule has 0 aromatic rings. The summed E-state index contributed by atoms with van der Waals surface area (Å²) in [5, 5.41) is 0. The standard InChI is InChI=1S/C24H32O3/c1-14-12-18(25)22-23(2,3)9-5-10-24(22,4)17(14)7-6-15-13-19-16-8-11-26-21(16)20(15)27-19/h6-7,12-13,16-17,19-22H,5,8-11H2,1-4H3/b7-6+/t16?,17-,19?,20?,21?,22-,24+/m0/s1. The smallest absolute Gasteiger partial charge is 0.159 e. The summed E-state index contributed by atoms with van der Waals surface area (Å²) >= 11 is 0. The van der Waals surface area contributed by atoms with Gasteiger partial charge in [0.25, 0.3) is 0 Å². The van der Waals surface area contributed by atoms with Crippen molar-refractivity contribution in [3.05, 3.63) is 35.5 Å². The molecule has 0 spiro atoms. The van der Waals surface area contributed by atoms with Crippen molar-refractivity contribution < 1.29 is 14.3 Å². The van der Waals surface area contributed by atoms with Crippen molar-refractivity contribution >= 4 is 5.78 Å². The summed E-state index contributed by atoms with van der Waals surface area (Å²) in [6, 6.07) is 0. The van der Waals surface area contributed by atoms with E-state index in [0.717, 1.165) is 25.9 Å². The SMILES string of the molecule is CC1=CC(=O)[C@H]2C(C)(C)CCC[C@]2(C)[C@H]1/C=C/C1=CC2OC1C1OCCC21. The van der Waals surface area contributed by atoms with Gasteiger partial charge in [0.15, 0.2) is 5.78 Å². The van der Waals surface area contributed by atoms with E-state index >= 15 is 0 Å². The Morgan fingerprint density at radius 1 is 1.22 bits per heavy atom. The summed E-state index contributed by atoms with van der Waals surface area (Å²) in [5.41, 5.74) is 2.59. The Kier molecular flexibility index (Phi) is 3.91. The molecule has 0 aromatic carbocycles. The molecule has 5 aliphatic rings. The van der Waals surface area contributed by atoms with Crippen molar-refractivity contribution in [1.82, 2.24) is 0 Å². The van der Waals surface area contributed by atoms with E-state index < -0.39 is 0 Å². The van der Waals surface area contributed by atoms with Crippen LogP contribution in [0.2, 0.25) is 0 Å². The largest absolute Gasteiger partial charge is 0.375 e. The first-order valence-electron chi connectivity index (χ1n) is 10.7. The first kappa shape index (κ1) is 17.9. The average Bonchev–Trinajstić information content (AvgIpc) is 3.25. The second-order valence-corrected chi connectivity index (χ2v) is 10.4. The Morgan fingerprint density at radius 3 is 2.85 bits per heavy atom. The summed E-state index contributed by atoms with van der Waals surface area (Å²) in [6.45, 7) is 9.93. The summed E-state index contributed by atoms with van der Waals surface area (Å²) in [6.07, 6.45) is 14.1. The van der Waals surface area contributed by atoms with E-state index in [0.29, 0.717) is 17.6 Å². The number of ether oxygens (including phenoxy) is 2. The third-order valence-electron chi connectivity index (χ3n) is 8.21. The van der Waals surface area contributed by atoms with Gasteiger partial charge in [-0.05, 0) is 54.7 Å². The van der Waals surface area contributed by atoms with Crippen LogP contribution >= 0.6 is 0 Å². The quantitative estimate of drug-likeness (QED) is 0.713. The van der Waals surface area contributed by atoms with Gasteiger partial charge >= 0.3 is 0 Å². The van der Waals surface area contributed by atoms with Crippen LogP contribution in [0.15, 0.2) is 35.5 Å². The fourth-order valence-corrected chi connectivity index (χ4v) is 7.15. The van der Waals surface area contributed by atoms with Crippen molar-refractivity contribution in [2.45, 2.75) is 71.7 Å². The molecule has 0 N–H and O–H groups in total. The topological polar surface area (TPSA) is 35.5 Å². The number of carbonyl (C=O) groups is 1. The molecule has 27 heavy (non-hydrogen) atoms. The molecule has 2 bridgehead atoms. The minimum Gasteiger partial charge on any atom is -0.375 e. The molecule has 0 amide bonds. The summed E-state index contributed by atoms with van der Waals surface area (Å²) in [7, 11) is 0. The molecule has 4 unspecified atom stereocenters. The van der Waals surface area contributed by atoms with E-state index in [-0.39, 0.29) is 35.1 Å². The van der Waals surface area contributed by atoms with Gasteiger partial charge in [-0.2, -0.15) is 0 Å². The molecule has 2 saturated heterocycles. The van der Waals surface area contributed by atoms with Crippen LogP contribution in [0, 0.1) is 28.6 Å². The van der Waals surface area contributed by atoms with E-state index in [1.54, 1.807) is 0 Å². The summed E-state index contributed by atoms with van der Waals surface area (Å²) < 4.78 is 12.1. The molecule has 3 heteroatoms. The molecular formula is C24H32O3. The highest BCUT2D eigenvalue weighted by atomic mass is 16.6. The lowest BCUT2D eigenvalue weighted by molar-refractivity contribution is -0.134. The zero-order valence-corrected chi connectivity index (χ0v) is 17.0. The molecule has 0 radical (unpaired) electrons. The number of allylic oxidation sites excluding steroid dienone is 3. The number of rotatable bonds is 2. The van der Waals surface area contributed by atoms with Crippen LogP contribution in [0.4, 0.5) is 0 Å². The maximum Gasteiger partial charge on any atom is 0.159 e. The van der Waals surface area contributed by atoms with E-state index in [1.165, 1.54) is 17.6 Å². The van der Waals surface area contributed by atoms with Gasteiger partial charge in [0.05, 0.1) is 12.2 Å². The maximum atomic E-state index is 12.9. The molecule has 3 heterocycles. The molecule has 1 saturated carbocycles. The molecule has 7 atom stereocenters. The van der Waals surface area contributed by atoms with Crippen LogP contribution in [0.5, 0.6) is 0 Å². The minimum absolute atomic E-state index is 0.0135. The number of hydrogen-bond donors (Lipinski definition) is 0. The fourth-order valence-electron chi connectivity index (χ4n) is 7.15. The van der Waals surface area contributed by atoms with Crippen molar-refractivity contribution in [3.63, 3.8) is 0 Å². The van der Waals surface area contributed by atoms with E-state index in [4.69, 9.17) is 9.47 Å². The molecule has 0 aromatic heterocycles. The Bertz CT molecular complexity index is 758. The van der Waals surface area contributed by atoms with Crippen LogP contribution in [0.25, 0.3) is 0 Å². The molecular weight excluding hydrogens is 336 g/mol. The van der Waals surface area contributed by atoms with Crippen molar-refractivity contribution in [1.29, 1.82) is 0 Å². The highest BCUT2D eigenvalue weighted by molar-refractivity contribution is 5.95. The van der Waals surface area contributed by atoms with Gasteiger partial charge < -0.3 is 9.47 Å². The van der Waals surface area contributed by atoms with Crippen LogP contribution in [-0.4, -0.2) is 30.7 Å². The number of carbonyl (C=O) groups excluding carboxylic acids is 1. The van der Waals surface area contributed by atoms with E-state index in [9.17, 15) is 4.79 Å². The lowest BCUT2D eigenvalue weighted by atomic mass is 9.48. The predicted molar refractivity (Wildman–Crippen MR) is 105 cm³/mol. The number of hydrogen-bond acceptors (Lipinski definition) is 3. The van der Waals surface area contributed by atoms with Gasteiger partial charge in [0.1, 0.15) is 6.10 Å². The second-order valence-electron chi connectivity index (χ2n) is 10.4. The lowest BCUT2D eigenvalue weighted by Crippen LogP contribution is -2.52. The van der Waals surface area contributed by atoms with Crippen LogP contribution in [-0.2, 0) is 14.3 Å². The van der Waals surface area contributed by atoms with Crippen molar-refractivity contribution in [3.8, 4) is 0 Å². The van der Waals surface area contributed by atoms with Crippen molar-refractivity contribution in [2.24, 2.45) is 28.6 Å². The van der Waals surface area contributed by atoms with E-state index in [2.05, 4.69) is 45.9 Å².